The topological polar surface area (TPSA) is 87.7 Å². The third-order valence-corrected chi connectivity index (χ3v) is 2.01. The molecule has 15 heavy (non-hydrogen) atoms. The Morgan fingerprint density at radius 3 is 2.67 bits per heavy atom. The molecule has 0 radical (unpaired) electrons. The highest BCUT2D eigenvalue weighted by Gasteiger charge is 2.02. The van der Waals surface area contributed by atoms with Crippen LogP contribution in [0.1, 0.15) is 39.5 Å². The first-order chi connectivity index (χ1) is 7.06. The molecule has 0 spiro atoms. The molecule has 0 aromatic rings. The van der Waals surface area contributed by atoms with Gasteiger partial charge in [0, 0.05) is 19.4 Å². The van der Waals surface area contributed by atoms with E-state index in [-0.39, 0.29) is 11.7 Å². The Labute approximate surface area is 90.7 Å². The zero-order valence-corrected chi connectivity index (χ0v) is 9.49. The summed E-state index contributed by atoms with van der Waals surface area (Å²) in [6.45, 7) is 4.75. The fraction of sp³-hybridized carbons (Fsp3) is 0.800. The largest absolute Gasteiger partial charge is 0.409 e. The number of oxime groups is 1. The van der Waals surface area contributed by atoms with E-state index in [4.69, 9.17) is 10.9 Å². The molecule has 0 atom stereocenters. The van der Waals surface area contributed by atoms with Crippen LogP contribution in [0.25, 0.3) is 0 Å². The van der Waals surface area contributed by atoms with Gasteiger partial charge in [-0.25, -0.2) is 0 Å². The van der Waals surface area contributed by atoms with Gasteiger partial charge in [-0.1, -0.05) is 19.0 Å². The molecule has 5 heteroatoms. The molecule has 0 aliphatic rings. The highest BCUT2D eigenvalue weighted by molar-refractivity contribution is 5.79. The number of hydrogen-bond donors (Lipinski definition) is 3. The molecule has 5 nitrogen and oxygen atoms in total. The Kier molecular flexibility index (Phi) is 7.40. The summed E-state index contributed by atoms with van der Waals surface area (Å²) in [5, 5.41) is 13.9. The average molecular weight is 215 g/mol. The Morgan fingerprint density at radius 2 is 2.13 bits per heavy atom. The normalized spacial score (nSPS) is 11.8. The lowest BCUT2D eigenvalue weighted by atomic mass is 10.1. The van der Waals surface area contributed by atoms with E-state index in [1.54, 1.807) is 0 Å². The van der Waals surface area contributed by atoms with Crippen LogP contribution in [-0.4, -0.2) is 23.5 Å². The standard InChI is InChI=1S/C10H21N3O2/c1-8(2)5-6-10(14)12-7-3-4-9(11)13-15/h8,15H,3-7H2,1-2H3,(H2,11,13)(H,12,14). The summed E-state index contributed by atoms with van der Waals surface area (Å²) in [5.41, 5.74) is 5.28. The zero-order valence-electron chi connectivity index (χ0n) is 9.49. The lowest BCUT2D eigenvalue weighted by Crippen LogP contribution is -2.25. The van der Waals surface area contributed by atoms with Crippen molar-refractivity contribution in [1.29, 1.82) is 0 Å². The van der Waals surface area contributed by atoms with E-state index >= 15 is 0 Å². The summed E-state index contributed by atoms with van der Waals surface area (Å²) in [4.78, 5) is 11.2. The molecule has 4 N–H and O–H groups in total. The number of nitrogens with zero attached hydrogens (tertiary/aromatic N) is 1. The smallest absolute Gasteiger partial charge is 0.220 e. The number of carbonyl (C=O) groups excluding carboxylic acids is 1. The first kappa shape index (κ1) is 13.7. The van der Waals surface area contributed by atoms with Gasteiger partial charge in [-0.05, 0) is 18.8 Å². The maximum atomic E-state index is 11.2. The van der Waals surface area contributed by atoms with Gasteiger partial charge in [0.25, 0.3) is 0 Å². The molecule has 0 bridgehead atoms. The molecule has 0 aromatic carbocycles. The predicted molar refractivity (Wildman–Crippen MR) is 59.7 cm³/mol. The van der Waals surface area contributed by atoms with Crippen molar-refractivity contribution < 1.29 is 10.0 Å². The summed E-state index contributed by atoms with van der Waals surface area (Å²) in [6.07, 6.45) is 2.68. The monoisotopic (exact) mass is 215 g/mol. The molecular formula is C10H21N3O2. The van der Waals surface area contributed by atoms with Gasteiger partial charge in [-0.3, -0.25) is 4.79 Å². The number of hydrogen-bond acceptors (Lipinski definition) is 3. The molecule has 0 saturated carbocycles. The van der Waals surface area contributed by atoms with Crippen molar-refractivity contribution in [2.45, 2.75) is 39.5 Å². The number of amidine groups is 1. The van der Waals surface area contributed by atoms with Crippen LogP contribution >= 0.6 is 0 Å². The van der Waals surface area contributed by atoms with Crippen LogP contribution < -0.4 is 11.1 Å². The van der Waals surface area contributed by atoms with Crippen LogP contribution in [0.4, 0.5) is 0 Å². The second-order valence-corrected chi connectivity index (χ2v) is 3.98. The summed E-state index contributed by atoms with van der Waals surface area (Å²) in [5.74, 6) is 0.822. The minimum absolute atomic E-state index is 0.0724. The van der Waals surface area contributed by atoms with Crippen LogP contribution in [0, 0.1) is 5.92 Å². The maximum absolute atomic E-state index is 11.2. The van der Waals surface area contributed by atoms with Gasteiger partial charge < -0.3 is 16.3 Å². The van der Waals surface area contributed by atoms with Gasteiger partial charge in [-0.15, -0.1) is 0 Å². The Morgan fingerprint density at radius 1 is 1.47 bits per heavy atom. The average Bonchev–Trinajstić information content (AvgIpc) is 2.21. The van der Waals surface area contributed by atoms with Crippen LogP contribution in [0.5, 0.6) is 0 Å². The molecule has 0 aliphatic carbocycles. The second kappa shape index (κ2) is 8.08. The van der Waals surface area contributed by atoms with E-state index in [2.05, 4.69) is 24.3 Å². The molecule has 0 fully saturated rings. The highest BCUT2D eigenvalue weighted by Crippen LogP contribution is 2.02. The predicted octanol–water partition coefficient (Wildman–Crippen LogP) is 1.07. The minimum Gasteiger partial charge on any atom is -0.409 e. The Bertz CT molecular complexity index is 215. The second-order valence-electron chi connectivity index (χ2n) is 3.98. The molecule has 0 unspecified atom stereocenters. The van der Waals surface area contributed by atoms with Crippen LogP contribution in [0.3, 0.4) is 0 Å². The van der Waals surface area contributed by atoms with Crippen molar-refractivity contribution in [2.24, 2.45) is 16.8 Å². The van der Waals surface area contributed by atoms with Gasteiger partial charge >= 0.3 is 0 Å². The van der Waals surface area contributed by atoms with E-state index in [1.807, 2.05) is 0 Å². The fourth-order valence-corrected chi connectivity index (χ4v) is 1.06. The van der Waals surface area contributed by atoms with Crippen LogP contribution in [0.2, 0.25) is 0 Å². The molecule has 1 amide bonds. The van der Waals surface area contributed by atoms with Crippen molar-refractivity contribution in [3.8, 4) is 0 Å². The van der Waals surface area contributed by atoms with Crippen molar-refractivity contribution in [3.63, 3.8) is 0 Å². The number of nitrogens with one attached hydrogen (secondary N) is 1. The first-order valence-corrected chi connectivity index (χ1v) is 5.29. The van der Waals surface area contributed by atoms with Gasteiger partial charge in [0.05, 0.1) is 0 Å². The lowest BCUT2D eigenvalue weighted by Gasteiger charge is -2.06. The third-order valence-electron chi connectivity index (χ3n) is 2.01. The van der Waals surface area contributed by atoms with Crippen LogP contribution in [0.15, 0.2) is 5.16 Å². The first-order valence-electron chi connectivity index (χ1n) is 5.29. The Hall–Kier alpha value is -1.26. The van der Waals surface area contributed by atoms with E-state index in [0.717, 1.165) is 6.42 Å². The third kappa shape index (κ3) is 9.05. The SMILES string of the molecule is CC(C)CCC(=O)NCCCC(N)=NO. The van der Waals surface area contributed by atoms with Gasteiger partial charge in [-0.2, -0.15) is 0 Å². The summed E-state index contributed by atoms with van der Waals surface area (Å²) in [6, 6.07) is 0. The molecule has 0 aliphatic heterocycles. The summed E-state index contributed by atoms with van der Waals surface area (Å²) in [7, 11) is 0. The quantitative estimate of drug-likeness (QED) is 0.195. The number of amides is 1. The summed E-state index contributed by atoms with van der Waals surface area (Å²) < 4.78 is 0. The Balaban J connectivity index is 3.39. The molecule has 0 heterocycles. The molecule has 0 saturated heterocycles. The molecular weight excluding hydrogens is 194 g/mol. The van der Waals surface area contributed by atoms with E-state index in [0.29, 0.717) is 31.7 Å². The highest BCUT2D eigenvalue weighted by atomic mass is 16.4. The van der Waals surface area contributed by atoms with E-state index < -0.39 is 0 Å². The number of nitrogens with two attached hydrogens (primary N) is 1. The van der Waals surface area contributed by atoms with Gasteiger partial charge in [0.15, 0.2) is 0 Å². The zero-order chi connectivity index (χ0) is 11.7. The van der Waals surface area contributed by atoms with Crippen molar-refractivity contribution in [1.82, 2.24) is 5.32 Å². The van der Waals surface area contributed by atoms with Gasteiger partial charge in [0.2, 0.25) is 5.91 Å². The van der Waals surface area contributed by atoms with Crippen LogP contribution in [-0.2, 0) is 4.79 Å². The lowest BCUT2D eigenvalue weighted by molar-refractivity contribution is -0.121. The van der Waals surface area contributed by atoms with Crippen molar-refractivity contribution >= 4 is 11.7 Å². The molecule has 88 valence electrons. The number of carbonyl (C=O) groups is 1. The summed E-state index contributed by atoms with van der Waals surface area (Å²) >= 11 is 0. The van der Waals surface area contributed by atoms with E-state index in [1.165, 1.54) is 0 Å². The minimum atomic E-state index is 0.0724. The van der Waals surface area contributed by atoms with E-state index in [9.17, 15) is 4.79 Å². The number of rotatable bonds is 7. The van der Waals surface area contributed by atoms with Crippen molar-refractivity contribution in [2.75, 3.05) is 6.54 Å². The maximum Gasteiger partial charge on any atom is 0.220 e. The van der Waals surface area contributed by atoms with Crippen molar-refractivity contribution in [3.05, 3.63) is 0 Å². The molecule has 0 aromatic heterocycles. The fourth-order valence-electron chi connectivity index (χ4n) is 1.06. The van der Waals surface area contributed by atoms with Gasteiger partial charge in [0.1, 0.15) is 5.84 Å². The molecule has 0 rings (SSSR count).